The smallest absolute Gasteiger partial charge is 0.138 e. The van der Waals surface area contributed by atoms with Gasteiger partial charge in [-0.25, -0.2) is 0 Å². The monoisotopic (exact) mass is 291 g/mol. The maximum absolute atomic E-state index is 9.84. The maximum atomic E-state index is 9.84. The lowest BCUT2D eigenvalue weighted by Gasteiger charge is -2.11. The van der Waals surface area contributed by atoms with Gasteiger partial charge >= 0.3 is 0 Å². The van der Waals surface area contributed by atoms with Crippen LogP contribution in [-0.4, -0.2) is 12.2 Å². The molecule has 0 amide bonds. The summed E-state index contributed by atoms with van der Waals surface area (Å²) in [4.78, 5) is 0. The summed E-state index contributed by atoms with van der Waals surface area (Å²) in [5, 5.41) is 13.5. The van der Waals surface area contributed by atoms with Gasteiger partial charge in [0.2, 0.25) is 0 Å². The Labute approximate surface area is 124 Å². The number of hydrogen-bond acceptors (Lipinski definition) is 3. The van der Waals surface area contributed by atoms with Crippen molar-refractivity contribution in [2.45, 2.75) is 19.7 Å². The molecular weight excluding hydrogens is 274 g/mol. The molecule has 0 aliphatic carbocycles. The second-order valence-electron chi connectivity index (χ2n) is 4.55. The molecule has 0 aliphatic heterocycles. The lowest BCUT2D eigenvalue weighted by atomic mass is 10.1. The molecule has 106 valence electrons. The largest absolute Gasteiger partial charge is 0.506 e. The van der Waals surface area contributed by atoms with E-state index in [9.17, 15) is 5.11 Å². The minimum atomic E-state index is 0.145. The summed E-state index contributed by atoms with van der Waals surface area (Å²) in [7, 11) is 1.69. The molecule has 0 aromatic heterocycles. The van der Waals surface area contributed by atoms with E-state index in [0.29, 0.717) is 24.7 Å². The molecule has 0 unspecified atom stereocenters. The first-order chi connectivity index (χ1) is 9.72. The fraction of sp³-hybridized carbons (Fsp3) is 0.250. The van der Waals surface area contributed by atoms with Crippen molar-refractivity contribution < 1.29 is 9.84 Å². The average molecular weight is 292 g/mol. The summed E-state index contributed by atoms with van der Waals surface area (Å²) >= 11 is 5.88. The Morgan fingerprint density at radius 3 is 2.40 bits per heavy atom. The van der Waals surface area contributed by atoms with Crippen LogP contribution in [0.2, 0.25) is 5.02 Å². The zero-order valence-corrected chi connectivity index (χ0v) is 12.2. The number of methoxy groups -OCH3 is 1. The molecule has 3 nitrogen and oxygen atoms in total. The van der Waals surface area contributed by atoms with Gasteiger partial charge < -0.3 is 15.2 Å². The van der Waals surface area contributed by atoms with Gasteiger partial charge in [0.15, 0.2) is 0 Å². The van der Waals surface area contributed by atoms with Crippen LogP contribution in [0.25, 0.3) is 0 Å². The zero-order chi connectivity index (χ0) is 14.4. The van der Waals surface area contributed by atoms with E-state index in [-0.39, 0.29) is 5.75 Å². The zero-order valence-electron chi connectivity index (χ0n) is 11.4. The van der Waals surface area contributed by atoms with Crippen LogP contribution in [-0.2, 0) is 24.4 Å². The molecule has 0 spiro atoms. The second-order valence-corrected chi connectivity index (χ2v) is 4.96. The predicted molar refractivity (Wildman–Crippen MR) is 80.8 cm³/mol. The quantitative estimate of drug-likeness (QED) is 0.856. The number of phenolic OH excluding ortho intramolecular Hbond substituents is 1. The van der Waals surface area contributed by atoms with Crippen LogP contribution in [0, 0.1) is 0 Å². The standard InChI is InChI=1S/C16H18ClNO2/c1-20-11-14-6-3-2-5-12(14)9-18-10-13-7-4-8-15(17)16(13)19/h2-8,18-19H,9-11H2,1H3. The van der Waals surface area contributed by atoms with E-state index in [0.717, 1.165) is 11.1 Å². The molecule has 0 saturated carbocycles. The van der Waals surface area contributed by atoms with Crippen LogP contribution in [0.5, 0.6) is 5.75 Å². The van der Waals surface area contributed by atoms with E-state index >= 15 is 0 Å². The molecule has 0 saturated heterocycles. The van der Waals surface area contributed by atoms with Gasteiger partial charge in [-0.05, 0) is 17.2 Å². The Hall–Kier alpha value is -1.55. The number of nitrogens with one attached hydrogen (secondary N) is 1. The molecule has 0 bridgehead atoms. The van der Waals surface area contributed by atoms with Gasteiger partial charge in [0, 0.05) is 25.8 Å². The van der Waals surface area contributed by atoms with Gasteiger partial charge in [0.1, 0.15) is 5.75 Å². The Bertz CT molecular complexity index is 572. The minimum absolute atomic E-state index is 0.145. The van der Waals surface area contributed by atoms with E-state index in [1.807, 2.05) is 24.3 Å². The van der Waals surface area contributed by atoms with Crippen LogP contribution in [0.4, 0.5) is 0 Å². The molecule has 2 aromatic carbocycles. The number of ether oxygens (including phenoxy) is 1. The lowest BCUT2D eigenvalue weighted by molar-refractivity contribution is 0.184. The second kappa shape index (κ2) is 7.29. The Morgan fingerprint density at radius 2 is 1.65 bits per heavy atom. The third kappa shape index (κ3) is 3.73. The van der Waals surface area contributed by atoms with E-state index in [4.69, 9.17) is 16.3 Å². The Kier molecular flexibility index (Phi) is 5.41. The number of rotatable bonds is 6. The van der Waals surface area contributed by atoms with Gasteiger partial charge in [-0.3, -0.25) is 0 Å². The average Bonchev–Trinajstić information content (AvgIpc) is 2.45. The Morgan fingerprint density at radius 1 is 1.00 bits per heavy atom. The number of hydrogen-bond donors (Lipinski definition) is 2. The van der Waals surface area contributed by atoms with E-state index < -0.39 is 0 Å². The summed E-state index contributed by atoms with van der Waals surface area (Å²) in [6.07, 6.45) is 0. The van der Waals surface area contributed by atoms with Crippen molar-refractivity contribution in [2.24, 2.45) is 0 Å². The molecule has 2 rings (SSSR count). The first-order valence-corrected chi connectivity index (χ1v) is 6.83. The highest BCUT2D eigenvalue weighted by Crippen LogP contribution is 2.26. The summed E-state index contributed by atoms with van der Waals surface area (Å²) in [5.41, 5.74) is 3.15. The van der Waals surface area contributed by atoms with Gasteiger partial charge in [0.05, 0.1) is 11.6 Å². The van der Waals surface area contributed by atoms with Gasteiger partial charge in [0.25, 0.3) is 0 Å². The third-order valence-corrected chi connectivity index (χ3v) is 3.42. The fourth-order valence-electron chi connectivity index (χ4n) is 2.06. The van der Waals surface area contributed by atoms with Crippen molar-refractivity contribution in [3.63, 3.8) is 0 Å². The van der Waals surface area contributed by atoms with E-state index in [1.165, 1.54) is 5.56 Å². The lowest BCUT2D eigenvalue weighted by Crippen LogP contribution is -2.14. The van der Waals surface area contributed by atoms with Crippen LogP contribution in [0.15, 0.2) is 42.5 Å². The number of para-hydroxylation sites is 1. The van der Waals surface area contributed by atoms with E-state index in [2.05, 4.69) is 17.4 Å². The summed E-state index contributed by atoms with van der Waals surface area (Å²) in [6, 6.07) is 13.5. The molecule has 2 aromatic rings. The first-order valence-electron chi connectivity index (χ1n) is 6.45. The number of phenols is 1. The van der Waals surface area contributed by atoms with Crippen molar-refractivity contribution in [3.05, 3.63) is 64.2 Å². The topological polar surface area (TPSA) is 41.5 Å². The van der Waals surface area contributed by atoms with Crippen molar-refractivity contribution in [2.75, 3.05) is 7.11 Å². The highest BCUT2D eigenvalue weighted by molar-refractivity contribution is 6.32. The number of benzene rings is 2. The van der Waals surface area contributed by atoms with Gasteiger partial charge in [-0.1, -0.05) is 48.0 Å². The molecular formula is C16H18ClNO2. The predicted octanol–water partition coefficient (Wildman–Crippen LogP) is 3.48. The molecule has 0 atom stereocenters. The number of aromatic hydroxyl groups is 1. The minimum Gasteiger partial charge on any atom is -0.506 e. The molecule has 4 heteroatoms. The van der Waals surface area contributed by atoms with Crippen molar-refractivity contribution in [3.8, 4) is 5.75 Å². The summed E-state index contributed by atoms with van der Waals surface area (Å²) in [6.45, 7) is 1.87. The van der Waals surface area contributed by atoms with Crippen molar-refractivity contribution in [1.29, 1.82) is 0 Å². The van der Waals surface area contributed by atoms with Gasteiger partial charge in [-0.2, -0.15) is 0 Å². The number of halogens is 1. The molecule has 0 fully saturated rings. The van der Waals surface area contributed by atoms with Crippen LogP contribution in [0.3, 0.4) is 0 Å². The highest BCUT2D eigenvalue weighted by Gasteiger charge is 2.05. The van der Waals surface area contributed by atoms with Crippen LogP contribution < -0.4 is 5.32 Å². The van der Waals surface area contributed by atoms with Crippen molar-refractivity contribution in [1.82, 2.24) is 5.32 Å². The maximum Gasteiger partial charge on any atom is 0.138 e. The molecule has 20 heavy (non-hydrogen) atoms. The Balaban J connectivity index is 1.98. The third-order valence-electron chi connectivity index (χ3n) is 3.12. The van der Waals surface area contributed by atoms with Crippen LogP contribution >= 0.6 is 11.6 Å². The highest BCUT2D eigenvalue weighted by atomic mass is 35.5. The normalized spacial score (nSPS) is 10.7. The SMILES string of the molecule is COCc1ccccc1CNCc1cccc(Cl)c1O. The van der Waals surface area contributed by atoms with Crippen LogP contribution in [0.1, 0.15) is 16.7 Å². The van der Waals surface area contributed by atoms with Gasteiger partial charge in [-0.15, -0.1) is 0 Å². The fourth-order valence-corrected chi connectivity index (χ4v) is 2.25. The van der Waals surface area contributed by atoms with E-state index in [1.54, 1.807) is 13.2 Å². The van der Waals surface area contributed by atoms with Crippen molar-refractivity contribution >= 4 is 11.6 Å². The molecule has 2 N–H and O–H groups in total. The molecule has 0 radical (unpaired) electrons. The first kappa shape index (κ1) is 14.9. The summed E-state index contributed by atoms with van der Waals surface area (Å²) < 4.78 is 5.18. The molecule has 0 aliphatic rings. The summed E-state index contributed by atoms with van der Waals surface area (Å²) in [5.74, 6) is 0.145. The molecule has 0 heterocycles.